The molecule has 1 aromatic carbocycles. The third-order valence-corrected chi connectivity index (χ3v) is 2.37. The van der Waals surface area contributed by atoms with Crippen molar-refractivity contribution < 1.29 is 4.74 Å². The van der Waals surface area contributed by atoms with Crippen molar-refractivity contribution in [1.82, 2.24) is 0 Å². The van der Waals surface area contributed by atoms with Gasteiger partial charge in [0.1, 0.15) is 11.5 Å². The Kier molecular flexibility index (Phi) is 8.35. The summed E-state index contributed by atoms with van der Waals surface area (Å²) >= 11 is 0. The van der Waals surface area contributed by atoms with Gasteiger partial charge < -0.3 is 4.74 Å². The van der Waals surface area contributed by atoms with Gasteiger partial charge in [0.25, 0.3) is 0 Å². The van der Waals surface area contributed by atoms with Gasteiger partial charge >= 0.3 is 0 Å². The fourth-order valence-electron chi connectivity index (χ4n) is 1.43. The first kappa shape index (κ1) is 17.2. The van der Waals surface area contributed by atoms with Crippen molar-refractivity contribution in [2.45, 2.75) is 40.5 Å². The van der Waals surface area contributed by atoms with Gasteiger partial charge in [0.2, 0.25) is 0 Å². The molecule has 0 spiro atoms. The summed E-state index contributed by atoms with van der Waals surface area (Å²) in [6, 6.07) is 8.12. The van der Waals surface area contributed by atoms with Gasteiger partial charge in [-0.15, -0.1) is 0 Å². The Bertz CT molecular complexity index is 422. The Labute approximate surface area is 118 Å². The summed E-state index contributed by atoms with van der Waals surface area (Å²) < 4.78 is 5.69. The van der Waals surface area contributed by atoms with Crippen LogP contribution in [-0.4, -0.2) is 0 Å². The molecule has 0 atom stereocenters. The fraction of sp³-hybridized carbons (Fsp3) is 0.333. The highest BCUT2D eigenvalue weighted by Crippen LogP contribution is 2.20. The SMILES string of the molecule is C=C/C(=C\C(=C)C)Oc1ccc(C(C)C)cc1.CC. The summed E-state index contributed by atoms with van der Waals surface area (Å²) in [5.41, 5.74) is 2.25. The van der Waals surface area contributed by atoms with Crippen LogP contribution in [0.15, 0.2) is 60.9 Å². The van der Waals surface area contributed by atoms with Gasteiger partial charge in [0, 0.05) is 0 Å². The molecule has 0 aliphatic heterocycles. The van der Waals surface area contributed by atoms with E-state index < -0.39 is 0 Å². The van der Waals surface area contributed by atoms with Crippen LogP contribution in [0.3, 0.4) is 0 Å². The van der Waals surface area contributed by atoms with E-state index in [-0.39, 0.29) is 0 Å². The molecule has 0 aliphatic rings. The van der Waals surface area contributed by atoms with Crippen LogP contribution in [0.1, 0.15) is 46.1 Å². The van der Waals surface area contributed by atoms with Crippen molar-refractivity contribution >= 4 is 0 Å². The molecule has 0 heterocycles. The van der Waals surface area contributed by atoms with Gasteiger partial charge in [-0.05, 0) is 42.7 Å². The Morgan fingerprint density at radius 1 is 1.16 bits per heavy atom. The molecule has 0 saturated heterocycles. The fourth-order valence-corrected chi connectivity index (χ4v) is 1.43. The molecule has 0 fully saturated rings. The van der Waals surface area contributed by atoms with Crippen molar-refractivity contribution in [3.63, 3.8) is 0 Å². The van der Waals surface area contributed by atoms with Gasteiger partial charge in [-0.1, -0.05) is 58.6 Å². The molecule has 0 unspecified atom stereocenters. The first-order valence-corrected chi connectivity index (χ1v) is 6.80. The van der Waals surface area contributed by atoms with Crippen LogP contribution in [0.5, 0.6) is 5.75 Å². The Hall–Kier alpha value is -1.76. The van der Waals surface area contributed by atoms with Gasteiger partial charge in [-0.3, -0.25) is 0 Å². The maximum atomic E-state index is 5.69. The highest BCUT2D eigenvalue weighted by atomic mass is 16.5. The highest BCUT2D eigenvalue weighted by Gasteiger charge is 2.00. The van der Waals surface area contributed by atoms with E-state index in [9.17, 15) is 0 Å². The standard InChI is InChI=1S/C16H20O.C2H6/c1-6-15(11-12(2)3)17-16-9-7-14(8-10-16)13(4)5;1-2/h6-11,13H,1-2H2,3-5H3;1-2H3/b15-11+;. The smallest absolute Gasteiger partial charge is 0.127 e. The van der Waals surface area contributed by atoms with E-state index in [2.05, 4.69) is 39.1 Å². The van der Waals surface area contributed by atoms with Gasteiger partial charge in [-0.2, -0.15) is 0 Å². The molecule has 0 bridgehead atoms. The molecular formula is C18H26O. The first-order valence-electron chi connectivity index (χ1n) is 6.80. The maximum Gasteiger partial charge on any atom is 0.127 e. The zero-order valence-corrected chi connectivity index (χ0v) is 12.9. The number of allylic oxidation sites excluding steroid dienone is 3. The zero-order valence-electron chi connectivity index (χ0n) is 12.9. The molecule has 0 radical (unpaired) electrons. The molecule has 19 heavy (non-hydrogen) atoms. The van der Waals surface area contributed by atoms with E-state index in [1.807, 2.05) is 39.0 Å². The predicted molar refractivity (Wildman–Crippen MR) is 85.6 cm³/mol. The van der Waals surface area contributed by atoms with Crippen molar-refractivity contribution in [3.8, 4) is 5.75 Å². The Balaban J connectivity index is 0.00000154. The topological polar surface area (TPSA) is 9.23 Å². The van der Waals surface area contributed by atoms with E-state index >= 15 is 0 Å². The minimum absolute atomic E-state index is 0.536. The molecule has 0 aromatic heterocycles. The lowest BCUT2D eigenvalue weighted by molar-refractivity contribution is 0.444. The third-order valence-electron chi connectivity index (χ3n) is 2.37. The molecule has 0 N–H and O–H groups in total. The van der Waals surface area contributed by atoms with Crippen LogP contribution in [0.4, 0.5) is 0 Å². The van der Waals surface area contributed by atoms with Crippen LogP contribution >= 0.6 is 0 Å². The van der Waals surface area contributed by atoms with Gasteiger partial charge in [0.15, 0.2) is 0 Å². The van der Waals surface area contributed by atoms with Crippen molar-refractivity contribution in [2.75, 3.05) is 0 Å². The number of benzene rings is 1. The summed E-state index contributed by atoms with van der Waals surface area (Å²) in [5, 5.41) is 0. The number of ether oxygens (including phenoxy) is 1. The van der Waals surface area contributed by atoms with Crippen molar-refractivity contribution in [3.05, 3.63) is 66.5 Å². The normalized spacial score (nSPS) is 10.5. The van der Waals surface area contributed by atoms with Crippen LogP contribution in [-0.2, 0) is 0 Å². The summed E-state index contributed by atoms with van der Waals surface area (Å²) in [6.07, 6.45) is 3.55. The third kappa shape index (κ3) is 6.66. The van der Waals surface area contributed by atoms with Crippen molar-refractivity contribution in [1.29, 1.82) is 0 Å². The lowest BCUT2D eigenvalue weighted by atomic mass is 10.0. The minimum atomic E-state index is 0.536. The van der Waals surface area contributed by atoms with E-state index in [0.717, 1.165) is 17.1 Å². The van der Waals surface area contributed by atoms with Gasteiger partial charge in [-0.25, -0.2) is 0 Å². The minimum Gasteiger partial charge on any atom is -0.457 e. The van der Waals surface area contributed by atoms with E-state index in [4.69, 9.17) is 4.74 Å². The van der Waals surface area contributed by atoms with Crippen LogP contribution in [0, 0.1) is 0 Å². The quantitative estimate of drug-likeness (QED) is 0.474. The summed E-state index contributed by atoms with van der Waals surface area (Å²) in [6.45, 7) is 17.8. The molecule has 0 saturated carbocycles. The van der Waals surface area contributed by atoms with E-state index in [1.165, 1.54) is 5.56 Å². The average Bonchev–Trinajstić information content (AvgIpc) is 2.40. The number of hydrogen-bond donors (Lipinski definition) is 0. The number of hydrogen-bond acceptors (Lipinski definition) is 1. The highest BCUT2D eigenvalue weighted by molar-refractivity contribution is 5.32. The van der Waals surface area contributed by atoms with E-state index in [0.29, 0.717) is 5.92 Å². The molecule has 104 valence electrons. The summed E-state index contributed by atoms with van der Waals surface area (Å²) in [7, 11) is 0. The maximum absolute atomic E-state index is 5.69. The molecule has 0 aliphatic carbocycles. The molecule has 1 rings (SSSR count). The lowest BCUT2D eigenvalue weighted by Crippen LogP contribution is -1.93. The number of rotatable bonds is 5. The molecule has 1 nitrogen and oxygen atoms in total. The first-order chi connectivity index (χ1) is 9.02. The van der Waals surface area contributed by atoms with Crippen LogP contribution in [0.25, 0.3) is 0 Å². The Morgan fingerprint density at radius 3 is 2.05 bits per heavy atom. The summed E-state index contributed by atoms with van der Waals surface area (Å²) in [5.74, 6) is 2.07. The van der Waals surface area contributed by atoms with Gasteiger partial charge in [0.05, 0.1) is 0 Å². The Morgan fingerprint density at radius 2 is 1.68 bits per heavy atom. The molecule has 1 heteroatoms. The lowest BCUT2D eigenvalue weighted by Gasteiger charge is -2.09. The monoisotopic (exact) mass is 258 g/mol. The zero-order chi connectivity index (χ0) is 14.8. The molecular weight excluding hydrogens is 232 g/mol. The average molecular weight is 258 g/mol. The predicted octanol–water partition coefficient (Wildman–Crippen LogP) is 5.86. The van der Waals surface area contributed by atoms with E-state index in [1.54, 1.807) is 6.08 Å². The molecule has 0 amide bonds. The largest absolute Gasteiger partial charge is 0.457 e. The second kappa shape index (κ2) is 9.21. The second-order valence-electron chi connectivity index (χ2n) is 4.42. The van der Waals surface area contributed by atoms with Crippen LogP contribution < -0.4 is 4.74 Å². The molecule has 1 aromatic rings. The summed E-state index contributed by atoms with van der Waals surface area (Å²) in [4.78, 5) is 0. The van der Waals surface area contributed by atoms with Crippen molar-refractivity contribution in [2.24, 2.45) is 0 Å². The van der Waals surface area contributed by atoms with Crippen LogP contribution in [0.2, 0.25) is 0 Å². The second-order valence-corrected chi connectivity index (χ2v) is 4.42.